The number of esters is 1. The molecule has 4 aliphatic rings. The number of carbonyl (C=O) groups excluding carboxylic acids is 1. The smallest absolute Gasteiger partial charge is 0.302 e. The van der Waals surface area contributed by atoms with Crippen molar-refractivity contribution in [2.75, 3.05) is 0 Å². The van der Waals surface area contributed by atoms with Crippen molar-refractivity contribution >= 4 is 11.5 Å². The van der Waals surface area contributed by atoms with E-state index in [1.807, 2.05) is 12.4 Å². The molecule has 29 heavy (non-hydrogen) atoms. The molecule has 6 atom stereocenters. The first kappa shape index (κ1) is 19.1. The summed E-state index contributed by atoms with van der Waals surface area (Å²) in [7, 11) is 0. The molecule has 1 heterocycles. The predicted molar refractivity (Wildman–Crippen MR) is 115 cm³/mol. The number of aromatic nitrogens is 1. The van der Waals surface area contributed by atoms with Crippen LogP contribution in [0, 0.1) is 28.6 Å². The second-order valence-electron chi connectivity index (χ2n) is 10.3. The highest BCUT2D eigenvalue weighted by Gasteiger charge is 2.56. The Morgan fingerprint density at radius 3 is 2.69 bits per heavy atom. The molecule has 0 N–H and O–H groups in total. The van der Waals surface area contributed by atoms with Crippen molar-refractivity contribution in [3.63, 3.8) is 0 Å². The maximum absolute atomic E-state index is 11.4. The molecule has 5 rings (SSSR count). The van der Waals surface area contributed by atoms with E-state index in [-0.39, 0.29) is 22.9 Å². The molecule has 3 nitrogen and oxygen atoms in total. The lowest BCUT2D eigenvalue weighted by Gasteiger charge is -2.57. The van der Waals surface area contributed by atoms with Gasteiger partial charge in [0.25, 0.3) is 0 Å². The first-order valence-corrected chi connectivity index (χ1v) is 11.4. The fourth-order valence-corrected chi connectivity index (χ4v) is 7.50. The van der Waals surface area contributed by atoms with Crippen LogP contribution in [0.15, 0.2) is 42.3 Å². The van der Waals surface area contributed by atoms with Crippen molar-refractivity contribution in [2.45, 2.75) is 71.8 Å². The number of carbonyl (C=O) groups is 1. The van der Waals surface area contributed by atoms with E-state index < -0.39 is 0 Å². The number of ether oxygens (including phenoxy) is 1. The van der Waals surface area contributed by atoms with Crippen LogP contribution in [0.4, 0.5) is 0 Å². The van der Waals surface area contributed by atoms with Crippen LogP contribution in [-0.4, -0.2) is 17.1 Å². The van der Waals surface area contributed by atoms with Crippen molar-refractivity contribution in [1.29, 1.82) is 0 Å². The molecule has 2 saturated carbocycles. The molecule has 0 amide bonds. The summed E-state index contributed by atoms with van der Waals surface area (Å²) in [5, 5.41) is 0. The van der Waals surface area contributed by atoms with Gasteiger partial charge in [0.15, 0.2) is 0 Å². The minimum Gasteiger partial charge on any atom is -0.462 e. The van der Waals surface area contributed by atoms with E-state index in [0.29, 0.717) is 0 Å². The van der Waals surface area contributed by atoms with Gasteiger partial charge in [-0.2, -0.15) is 0 Å². The molecular weight excluding hydrogens is 358 g/mol. The van der Waals surface area contributed by atoms with Gasteiger partial charge in [-0.3, -0.25) is 9.78 Å². The molecule has 3 unspecified atom stereocenters. The first-order valence-electron chi connectivity index (χ1n) is 11.4. The number of hydrogen-bond acceptors (Lipinski definition) is 3. The lowest BCUT2D eigenvalue weighted by atomic mass is 9.47. The maximum atomic E-state index is 11.4. The standard InChI is InChI=1S/C26H33NO2/c1-17(28)29-20-10-12-25(2)19(15-20)6-7-21-23-9-8-22(18-5-4-14-27-16-18)26(23,3)13-11-24(21)25/h4-6,8,14,16,20-21,23-24H,7,9-13,15H2,1-3H3/t20-,21?,23?,24?,25+,26-/m1/s1. The largest absolute Gasteiger partial charge is 0.462 e. The Kier molecular flexibility index (Phi) is 4.49. The van der Waals surface area contributed by atoms with Crippen LogP contribution in [0.5, 0.6) is 0 Å². The number of rotatable bonds is 2. The Bertz CT molecular complexity index is 872. The molecule has 154 valence electrons. The fraction of sp³-hybridized carbons (Fsp3) is 0.615. The van der Waals surface area contributed by atoms with Crippen molar-refractivity contribution in [1.82, 2.24) is 4.98 Å². The SMILES string of the molecule is CC(=O)O[C@@H]1CC[C@@]2(C)C(=CCC3C2CC[C@]2(C)C(c4cccnc4)=CCC32)C1. The summed E-state index contributed by atoms with van der Waals surface area (Å²) in [5.41, 5.74) is 4.99. The van der Waals surface area contributed by atoms with Gasteiger partial charge in [-0.25, -0.2) is 0 Å². The minimum atomic E-state index is -0.138. The minimum absolute atomic E-state index is 0.0857. The number of pyridine rings is 1. The topological polar surface area (TPSA) is 39.2 Å². The Morgan fingerprint density at radius 1 is 1.10 bits per heavy atom. The van der Waals surface area contributed by atoms with Crippen LogP contribution < -0.4 is 0 Å². The Hall–Kier alpha value is -1.90. The van der Waals surface area contributed by atoms with Gasteiger partial charge in [-0.05, 0) is 84.3 Å². The van der Waals surface area contributed by atoms with E-state index in [1.54, 1.807) is 5.57 Å². The highest BCUT2D eigenvalue weighted by molar-refractivity contribution is 5.72. The van der Waals surface area contributed by atoms with Crippen molar-refractivity contribution in [2.24, 2.45) is 28.6 Å². The number of hydrogen-bond donors (Lipinski definition) is 0. The highest BCUT2D eigenvalue weighted by atomic mass is 16.5. The van der Waals surface area contributed by atoms with Crippen LogP contribution in [0.2, 0.25) is 0 Å². The Balaban J connectivity index is 1.41. The van der Waals surface area contributed by atoms with Gasteiger partial charge in [0.2, 0.25) is 0 Å². The fourth-order valence-electron chi connectivity index (χ4n) is 7.50. The molecule has 1 aromatic rings. The highest BCUT2D eigenvalue weighted by Crippen LogP contribution is 2.66. The molecule has 1 aromatic heterocycles. The van der Waals surface area contributed by atoms with Gasteiger partial charge in [-0.15, -0.1) is 0 Å². The third-order valence-corrected chi connectivity index (χ3v) is 8.94. The molecule has 4 aliphatic carbocycles. The summed E-state index contributed by atoms with van der Waals surface area (Å²) in [5.74, 6) is 2.12. The lowest BCUT2D eigenvalue weighted by Crippen LogP contribution is -2.50. The molecule has 0 radical (unpaired) electrons. The van der Waals surface area contributed by atoms with Crippen LogP contribution in [0.1, 0.15) is 71.3 Å². The van der Waals surface area contributed by atoms with Gasteiger partial charge in [0, 0.05) is 25.7 Å². The normalized spacial score (nSPS) is 40.8. The maximum Gasteiger partial charge on any atom is 0.302 e. The Morgan fingerprint density at radius 2 is 1.93 bits per heavy atom. The summed E-state index contributed by atoms with van der Waals surface area (Å²) in [4.78, 5) is 15.8. The molecule has 0 aromatic carbocycles. The van der Waals surface area contributed by atoms with Gasteiger partial charge < -0.3 is 4.74 Å². The van der Waals surface area contributed by atoms with Gasteiger partial charge in [0.05, 0.1) is 0 Å². The van der Waals surface area contributed by atoms with E-state index in [1.165, 1.54) is 43.7 Å². The van der Waals surface area contributed by atoms with E-state index >= 15 is 0 Å². The van der Waals surface area contributed by atoms with E-state index in [9.17, 15) is 4.79 Å². The number of nitrogens with zero attached hydrogens (tertiary/aromatic N) is 1. The quantitative estimate of drug-likeness (QED) is 0.460. The van der Waals surface area contributed by atoms with E-state index in [0.717, 1.165) is 37.0 Å². The molecule has 0 bridgehead atoms. The van der Waals surface area contributed by atoms with Crippen LogP contribution in [-0.2, 0) is 9.53 Å². The van der Waals surface area contributed by atoms with Crippen molar-refractivity contribution < 1.29 is 9.53 Å². The summed E-state index contributed by atoms with van der Waals surface area (Å²) in [6.45, 7) is 6.56. The zero-order valence-electron chi connectivity index (χ0n) is 18.0. The molecule has 0 spiro atoms. The third-order valence-electron chi connectivity index (χ3n) is 8.94. The van der Waals surface area contributed by atoms with Crippen molar-refractivity contribution in [3.8, 4) is 0 Å². The van der Waals surface area contributed by atoms with Crippen molar-refractivity contribution in [3.05, 3.63) is 47.8 Å². The monoisotopic (exact) mass is 391 g/mol. The lowest BCUT2D eigenvalue weighted by molar-refractivity contribution is -0.148. The second kappa shape index (κ2) is 6.82. The number of fused-ring (bicyclic) bond motifs is 5. The van der Waals surface area contributed by atoms with E-state index in [2.05, 4.69) is 43.1 Å². The van der Waals surface area contributed by atoms with Crippen LogP contribution in [0.3, 0.4) is 0 Å². The first-order chi connectivity index (χ1) is 13.9. The summed E-state index contributed by atoms with van der Waals surface area (Å²) in [6, 6.07) is 4.30. The molecule has 2 fully saturated rings. The third kappa shape index (κ3) is 2.92. The van der Waals surface area contributed by atoms with Crippen LogP contribution >= 0.6 is 0 Å². The average Bonchev–Trinajstić information content (AvgIpc) is 3.06. The summed E-state index contributed by atoms with van der Waals surface area (Å²) >= 11 is 0. The summed E-state index contributed by atoms with van der Waals surface area (Å²) in [6.07, 6.45) is 17.1. The molecular formula is C26H33NO2. The summed E-state index contributed by atoms with van der Waals surface area (Å²) < 4.78 is 5.58. The van der Waals surface area contributed by atoms with E-state index in [4.69, 9.17) is 4.74 Å². The van der Waals surface area contributed by atoms with Crippen LogP contribution in [0.25, 0.3) is 5.57 Å². The zero-order chi connectivity index (χ0) is 20.2. The van der Waals surface area contributed by atoms with Gasteiger partial charge >= 0.3 is 5.97 Å². The predicted octanol–water partition coefficient (Wildman–Crippen LogP) is 5.97. The molecule has 3 heteroatoms. The Labute approximate surface area is 174 Å². The molecule has 0 aliphatic heterocycles. The average molecular weight is 392 g/mol. The second-order valence-corrected chi connectivity index (χ2v) is 10.3. The van der Waals surface area contributed by atoms with Gasteiger partial charge in [-0.1, -0.05) is 37.6 Å². The molecule has 0 saturated heterocycles. The zero-order valence-corrected chi connectivity index (χ0v) is 18.0. The number of allylic oxidation sites excluding steroid dienone is 3. The van der Waals surface area contributed by atoms with Gasteiger partial charge in [0.1, 0.15) is 6.10 Å².